The molecule has 0 aromatic rings. The molecule has 0 bridgehead atoms. The van der Waals surface area contributed by atoms with Crippen molar-refractivity contribution in [3.63, 3.8) is 0 Å². The predicted octanol–water partition coefficient (Wildman–Crippen LogP) is 3.75. The quantitative estimate of drug-likeness (QED) is 0.0975. The van der Waals surface area contributed by atoms with Crippen LogP contribution < -0.4 is 21.3 Å². The van der Waals surface area contributed by atoms with Crippen molar-refractivity contribution in [2.75, 3.05) is 12.4 Å². The zero-order valence-corrected chi connectivity index (χ0v) is 27.9. The molecular formula is C32H54N4O6S. The van der Waals surface area contributed by atoms with E-state index in [2.05, 4.69) is 21.3 Å². The number of ether oxygens (including phenoxy) is 1. The molecule has 3 fully saturated rings. The average molecular weight is 623 g/mol. The molecule has 3 aliphatic rings. The van der Waals surface area contributed by atoms with Gasteiger partial charge in [-0.25, -0.2) is 4.79 Å². The molecule has 0 aliphatic carbocycles. The highest BCUT2D eigenvalue weighted by Gasteiger charge is 2.50. The van der Waals surface area contributed by atoms with Crippen molar-refractivity contribution in [1.29, 1.82) is 0 Å². The van der Waals surface area contributed by atoms with Crippen LogP contribution in [0.15, 0.2) is 0 Å². The van der Waals surface area contributed by atoms with E-state index in [0.717, 1.165) is 18.6 Å². The second-order valence-corrected chi connectivity index (χ2v) is 15.5. The van der Waals surface area contributed by atoms with Crippen molar-refractivity contribution in [2.24, 2.45) is 23.7 Å². The Morgan fingerprint density at radius 1 is 0.930 bits per heavy atom. The fourth-order valence-electron chi connectivity index (χ4n) is 6.13. The molecule has 0 spiro atoms. The van der Waals surface area contributed by atoms with Crippen LogP contribution in [-0.2, 0) is 23.9 Å². The highest BCUT2D eigenvalue weighted by Crippen LogP contribution is 2.33. The molecule has 10 nitrogen and oxygen atoms in total. The molecule has 0 saturated carbocycles. The van der Waals surface area contributed by atoms with Crippen molar-refractivity contribution in [2.45, 2.75) is 135 Å². The third-order valence-corrected chi connectivity index (χ3v) is 10.0. The van der Waals surface area contributed by atoms with E-state index in [1.54, 1.807) is 6.92 Å². The number of nitrogens with one attached hydrogen (secondary N) is 4. The van der Waals surface area contributed by atoms with Crippen LogP contribution in [-0.4, -0.2) is 76.8 Å². The summed E-state index contributed by atoms with van der Waals surface area (Å²) in [6.45, 7) is 14.2. The standard InChI is InChI=1S/C32H54N4O6S/c1-18(2)12-21(30(40)34-23(14-20(5)6)29(39)32(7)17-42-32)15-25(37)22(13-19(3)4)33-27(38)11-9-8-10-26-28-24(16-43-26)35-31(41)36-28/h18-24,26,28H,8-17H2,1-7H3,(H,33,38)(H,34,40)(H2,35,36,41)/t21-,22+,23+,24+,26?,28+,32?/m1/s1. The van der Waals surface area contributed by atoms with E-state index < -0.39 is 23.6 Å². The molecule has 0 aromatic carbocycles. The van der Waals surface area contributed by atoms with Gasteiger partial charge in [-0.3, -0.25) is 19.2 Å². The number of rotatable bonds is 19. The van der Waals surface area contributed by atoms with Crippen LogP contribution in [0.5, 0.6) is 0 Å². The first-order chi connectivity index (χ1) is 20.2. The number of hydrogen-bond donors (Lipinski definition) is 4. The molecule has 0 aromatic heterocycles. The number of amides is 4. The van der Waals surface area contributed by atoms with Gasteiger partial charge in [-0.15, -0.1) is 0 Å². The summed E-state index contributed by atoms with van der Waals surface area (Å²) in [5.41, 5.74) is -0.842. The van der Waals surface area contributed by atoms with Crippen LogP contribution in [0, 0.1) is 23.7 Å². The Morgan fingerprint density at radius 2 is 1.56 bits per heavy atom. The minimum Gasteiger partial charge on any atom is -0.361 e. The number of unbranched alkanes of at least 4 members (excludes halogenated alkanes) is 1. The fraction of sp³-hybridized carbons (Fsp3) is 0.844. The summed E-state index contributed by atoms with van der Waals surface area (Å²) < 4.78 is 5.36. The third-order valence-electron chi connectivity index (χ3n) is 8.52. The summed E-state index contributed by atoms with van der Waals surface area (Å²) in [5.74, 6) is 0.155. The maximum Gasteiger partial charge on any atom is 0.315 e. The number of carbonyl (C=O) groups is 5. The van der Waals surface area contributed by atoms with Gasteiger partial charge in [-0.2, -0.15) is 11.8 Å². The molecule has 4 amide bonds. The number of hydrogen-bond acceptors (Lipinski definition) is 7. The van der Waals surface area contributed by atoms with Gasteiger partial charge in [-0.1, -0.05) is 48.0 Å². The largest absolute Gasteiger partial charge is 0.361 e. The van der Waals surface area contributed by atoms with Gasteiger partial charge >= 0.3 is 6.03 Å². The van der Waals surface area contributed by atoms with E-state index in [-0.39, 0.29) is 65.7 Å². The zero-order valence-electron chi connectivity index (χ0n) is 27.1. The Labute approximate surface area is 261 Å². The Bertz CT molecular complexity index is 1010. The summed E-state index contributed by atoms with van der Waals surface area (Å²) in [6.07, 6.45) is 4.34. The minimum absolute atomic E-state index is 0.0131. The molecule has 43 heavy (non-hydrogen) atoms. The fourth-order valence-corrected chi connectivity index (χ4v) is 7.68. The van der Waals surface area contributed by atoms with Gasteiger partial charge in [0.1, 0.15) is 5.60 Å². The van der Waals surface area contributed by atoms with Crippen LogP contribution in [0.2, 0.25) is 0 Å². The Balaban J connectivity index is 1.54. The van der Waals surface area contributed by atoms with E-state index in [0.29, 0.717) is 44.0 Å². The summed E-state index contributed by atoms with van der Waals surface area (Å²) in [7, 11) is 0. The Morgan fingerprint density at radius 3 is 2.16 bits per heavy atom. The van der Waals surface area contributed by atoms with Crippen LogP contribution in [0.4, 0.5) is 4.79 Å². The Kier molecular flexibility index (Phi) is 12.9. The summed E-state index contributed by atoms with van der Waals surface area (Å²) in [6, 6.07) is -1.08. The number of epoxide rings is 1. The molecule has 3 saturated heterocycles. The highest BCUT2D eigenvalue weighted by molar-refractivity contribution is 8.00. The van der Waals surface area contributed by atoms with Crippen LogP contribution in [0.1, 0.15) is 99.8 Å². The van der Waals surface area contributed by atoms with Gasteiger partial charge < -0.3 is 26.0 Å². The van der Waals surface area contributed by atoms with Crippen molar-refractivity contribution in [3.05, 3.63) is 0 Å². The maximum atomic E-state index is 13.6. The van der Waals surface area contributed by atoms with E-state index in [1.165, 1.54) is 0 Å². The monoisotopic (exact) mass is 622 g/mol. The lowest BCUT2D eigenvalue weighted by molar-refractivity contribution is -0.135. The first kappa shape index (κ1) is 35.3. The van der Waals surface area contributed by atoms with E-state index in [1.807, 2.05) is 53.3 Å². The lowest BCUT2D eigenvalue weighted by Gasteiger charge is -2.26. The number of ketones is 2. The molecule has 2 unspecified atom stereocenters. The Hall–Kier alpha value is -2.14. The van der Waals surface area contributed by atoms with Gasteiger partial charge in [-0.05, 0) is 56.8 Å². The van der Waals surface area contributed by atoms with Gasteiger partial charge in [0.05, 0.1) is 30.8 Å². The molecule has 3 aliphatic heterocycles. The smallest absolute Gasteiger partial charge is 0.315 e. The first-order valence-corrected chi connectivity index (χ1v) is 17.2. The van der Waals surface area contributed by atoms with E-state index in [4.69, 9.17) is 4.74 Å². The van der Waals surface area contributed by atoms with E-state index >= 15 is 0 Å². The minimum atomic E-state index is -0.842. The van der Waals surface area contributed by atoms with Crippen molar-refractivity contribution >= 4 is 41.2 Å². The molecule has 244 valence electrons. The number of thioether (sulfide) groups is 1. The van der Waals surface area contributed by atoms with Crippen LogP contribution >= 0.6 is 11.8 Å². The lowest BCUT2D eigenvalue weighted by atomic mass is 9.87. The van der Waals surface area contributed by atoms with Crippen LogP contribution in [0.3, 0.4) is 0 Å². The summed E-state index contributed by atoms with van der Waals surface area (Å²) >= 11 is 1.86. The molecule has 4 N–H and O–H groups in total. The maximum absolute atomic E-state index is 13.6. The van der Waals surface area contributed by atoms with Gasteiger partial charge in [0.2, 0.25) is 11.8 Å². The molecule has 7 atom stereocenters. The molecule has 11 heteroatoms. The van der Waals surface area contributed by atoms with Gasteiger partial charge in [0.25, 0.3) is 0 Å². The zero-order chi connectivity index (χ0) is 31.9. The summed E-state index contributed by atoms with van der Waals surface area (Å²) in [4.78, 5) is 64.7. The van der Waals surface area contributed by atoms with Crippen molar-refractivity contribution in [3.8, 4) is 0 Å². The van der Waals surface area contributed by atoms with Crippen LogP contribution in [0.25, 0.3) is 0 Å². The predicted molar refractivity (Wildman–Crippen MR) is 169 cm³/mol. The normalized spacial score (nSPS) is 26.5. The number of Topliss-reactive ketones (excluding diaryl/α,β-unsaturated/α-hetero) is 2. The van der Waals surface area contributed by atoms with Gasteiger partial charge in [0, 0.05) is 29.8 Å². The average Bonchev–Trinajstić information content (AvgIpc) is 3.39. The number of urea groups is 1. The van der Waals surface area contributed by atoms with Crippen molar-refractivity contribution < 1.29 is 28.7 Å². The topological polar surface area (TPSA) is 146 Å². The second kappa shape index (κ2) is 15.7. The SMILES string of the molecule is CC(C)C[C@H](CC(=O)[C@H](CC(C)C)NC(=O)CCCCC1SC[C@@H]2NC(=O)N[C@H]12)C(=O)N[C@@H](CC(C)C)C(=O)C1(C)CO1. The third kappa shape index (κ3) is 10.8. The molecular weight excluding hydrogens is 568 g/mol. The molecule has 0 radical (unpaired) electrons. The number of carbonyl (C=O) groups excluding carboxylic acids is 5. The second-order valence-electron chi connectivity index (χ2n) is 14.2. The molecule has 3 rings (SSSR count). The van der Waals surface area contributed by atoms with E-state index in [9.17, 15) is 24.0 Å². The lowest BCUT2D eigenvalue weighted by Crippen LogP contribution is -2.49. The van der Waals surface area contributed by atoms with Crippen molar-refractivity contribution in [1.82, 2.24) is 21.3 Å². The first-order valence-electron chi connectivity index (χ1n) is 16.2. The number of fused-ring (bicyclic) bond motifs is 1. The van der Waals surface area contributed by atoms with Gasteiger partial charge in [0.15, 0.2) is 11.6 Å². The highest BCUT2D eigenvalue weighted by atomic mass is 32.2. The summed E-state index contributed by atoms with van der Waals surface area (Å²) in [5, 5.41) is 12.2. The molecule has 3 heterocycles.